The van der Waals surface area contributed by atoms with E-state index in [1.807, 2.05) is 0 Å². The lowest BCUT2D eigenvalue weighted by atomic mass is 9.73. The van der Waals surface area contributed by atoms with Gasteiger partial charge in [-0.05, 0) is 23.7 Å². The van der Waals surface area contributed by atoms with E-state index in [0.717, 1.165) is 0 Å². The number of rotatable bonds is 1. The summed E-state index contributed by atoms with van der Waals surface area (Å²) in [4.78, 5) is 0. The smallest absolute Gasteiger partial charge is 0.00840 e. The molecule has 1 aliphatic carbocycles. The molecule has 0 aromatic rings. The first-order valence-corrected chi connectivity index (χ1v) is 5.76. The van der Waals surface area contributed by atoms with Crippen molar-refractivity contribution in [2.45, 2.75) is 33.6 Å². The van der Waals surface area contributed by atoms with Gasteiger partial charge in [-0.25, -0.2) is 0 Å². The van der Waals surface area contributed by atoms with E-state index in [1.54, 1.807) is 0 Å². The Hall–Kier alpha value is 0.470. The Morgan fingerprint density at radius 2 is 1.82 bits per heavy atom. The highest BCUT2D eigenvalue weighted by atomic mass is 127. The normalized spacial score (nSPS) is 35.6. The number of hydrogen-bond donors (Lipinski definition) is 0. The van der Waals surface area contributed by atoms with Crippen LogP contribution in [0.25, 0.3) is 0 Å². The van der Waals surface area contributed by atoms with E-state index in [-0.39, 0.29) is 0 Å². The first-order chi connectivity index (χ1) is 4.97. The maximum absolute atomic E-state index is 2.48. The van der Waals surface area contributed by atoms with Gasteiger partial charge in [-0.3, -0.25) is 0 Å². The lowest BCUT2D eigenvalue weighted by Gasteiger charge is -2.34. The molecule has 0 saturated heterocycles. The number of halogens is 1. The van der Waals surface area contributed by atoms with Crippen LogP contribution in [0.4, 0.5) is 0 Å². The van der Waals surface area contributed by atoms with Crippen LogP contribution in [0.15, 0.2) is 12.2 Å². The van der Waals surface area contributed by atoms with Crippen molar-refractivity contribution in [1.82, 2.24) is 0 Å². The quantitative estimate of drug-likeness (QED) is 0.384. The molecular weight excluding hydrogens is 247 g/mol. The van der Waals surface area contributed by atoms with Crippen LogP contribution in [-0.4, -0.2) is 4.43 Å². The third-order valence-electron chi connectivity index (χ3n) is 2.58. The number of alkyl halides is 1. The molecule has 0 amide bonds. The van der Waals surface area contributed by atoms with Gasteiger partial charge in [0.15, 0.2) is 0 Å². The summed E-state index contributed by atoms with van der Waals surface area (Å²) in [6.07, 6.45) is 7.47. The van der Waals surface area contributed by atoms with Crippen molar-refractivity contribution in [2.24, 2.45) is 10.8 Å². The highest BCUT2D eigenvalue weighted by Crippen LogP contribution is 2.39. The maximum Gasteiger partial charge on any atom is 0.00840 e. The Morgan fingerprint density at radius 3 is 2.18 bits per heavy atom. The molecule has 11 heavy (non-hydrogen) atoms. The van der Waals surface area contributed by atoms with Gasteiger partial charge in [-0.15, -0.1) is 0 Å². The second kappa shape index (κ2) is 3.08. The molecule has 0 heterocycles. The zero-order valence-electron chi connectivity index (χ0n) is 7.65. The van der Waals surface area contributed by atoms with Gasteiger partial charge in [-0.1, -0.05) is 55.5 Å². The molecule has 0 bridgehead atoms. The van der Waals surface area contributed by atoms with Gasteiger partial charge in [0, 0.05) is 4.43 Å². The number of allylic oxidation sites excluding steroid dienone is 2. The lowest BCUT2D eigenvalue weighted by molar-refractivity contribution is 0.306. The molecule has 1 rings (SSSR count). The van der Waals surface area contributed by atoms with Crippen molar-refractivity contribution in [3.05, 3.63) is 12.2 Å². The van der Waals surface area contributed by atoms with E-state index in [9.17, 15) is 0 Å². The highest BCUT2D eigenvalue weighted by Gasteiger charge is 2.28. The number of hydrogen-bond acceptors (Lipinski definition) is 0. The SMILES string of the molecule is CC1(C)C=CC(C)(CI)CC1. The van der Waals surface area contributed by atoms with Gasteiger partial charge in [0.05, 0.1) is 0 Å². The van der Waals surface area contributed by atoms with Crippen LogP contribution in [0.3, 0.4) is 0 Å². The molecule has 0 fully saturated rings. The van der Waals surface area contributed by atoms with Crippen LogP contribution >= 0.6 is 22.6 Å². The molecule has 0 aliphatic heterocycles. The van der Waals surface area contributed by atoms with Gasteiger partial charge in [0.25, 0.3) is 0 Å². The first-order valence-electron chi connectivity index (χ1n) is 4.24. The van der Waals surface area contributed by atoms with Gasteiger partial charge < -0.3 is 0 Å². The predicted octanol–water partition coefficient (Wildman–Crippen LogP) is 3.80. The zero-order valence-corrected chi connectivity index (χ0v) is 9.81. The summed E-state index contributed by atoms with van der Waals surface area (Å²) in [5.41, 5.74) is 0.932. The second-order valence-electron chi connectivity index (χ2n) is 4.61. The van der Waals surface area contributed by atoms with E-state index < -0.39 is 0 Å². The van der Waals surface area contributed by atoms with Crippen LogP contribution in [0.1, 0.15) is 33.6 Å². The lowest BCUT2D eigenvalue weighted by Crippen LogP contribution is -2.24. The predicted molar refractivity (Wildman–Crippen MR) is 59.1 cm³/mol. The minimum absolute atomic E-state index is 0.450. The largest absolute Gasteiger partial charge is 0.0854 e. The molecule has 1 unspecified atom stereocenters. The molecule has 0 radical (unpaired) electrons. The fraction of sp³-hybridized carbons (Fsp3) is 0.800. The van der Waals surface area contributed by atoms with Crippen molar-refractivity contribution in [3.8, 4) is 0 Å². The highest BCUT2D eigenvalue weighted by molar-refractivity contribution is 14.1. The molecule has 0 aromatic carbocycles. The molecule has 1 heteroatoms. The monoisotopic (exact) mass is 264 g/mol. The van der Waals surface area contributed by atoms with Crippen molar-refractivity contribution in [2.75, 3.05) is 4.43 Å². The maximum atomic E-state index is 2.48. The van der Waals surface area contributed by atoms with Gasteiger partial charge >= 0.3 is 0 Å². The zero-order chi connectivity index (χ0) is 8.54. The summed E-state index contributed by atoms with van der Waals surface area (Å²) >= 11 is 2.48. The molecule has 1 aliphatic rings. The topological polar surface area (TPSA) is 0 Å². The van der Waals surface area contributed by atoms with E-state index in [2.05, 4.69) is 55.5 Å². The molecule has 0 nitrogen and oxygen atoms in total. The summed E-state index contributed by atoms with van der Waals surface area (Å²) in [5, 5.41) is 0. The summed E-state index contributed by atoms with van der Waals surface area (Å²) in [5.74, 6) is 0. The second-order valence-corrected chi connectivity index (χ2v) is 5.37. The van der Waals surface area contributed by atoms with Crippen LogP contribution in [0.2, 0.25) is 0 Å². The molecule has 0 spiro atoms. The first kappa shape index (κ1) is 9.56. The van der Waals surface area contributed by atoms with Gasteiger partial charge in [-0.2, -0.15) is 0 Å². The Kier molecular flexibility index (Phi) is 2.67. The molecule has 0 saturated carbocycles. The third kappa shape index (κ3) is 2.46. The van der Waals surface area contributed by atoms with Crippen molar-refractivity contribution >= 4 is 22.6 Å². The van der Waals surface area contributed by atoms with E-state index in [4.69, 9.17) is 0 Å². The Bertz CT molecular complexity index is 170. The van der Waals surface area contributed by atoms with E-state index >= 15 is 0 Å². The minimum Gasteiger partial charge on any atom is -0.0854 e. The van der Waals surface area contributed by atoms with Crippen LogP contribution in [0.5, 0.6) is 0 Å². The van der Waals surface area contributed by atoms with Gasteiger partial charge in [0.2, 0.25) is 0 Å². The van der Waals surface area contributed by atoms with Crippen LogP contribution < -0.4 is 0 Å². The molecule has 0 aromatic heterocycles. The molecule has 0 N–H and O–H groups in total. The Labute approximate surface area is 83.6 Å². The summed E-state index contributed by atoms with van der Waals surface area (Å²) in [6, 6.07) is 0. The van der Waals surface area contributed by atoms with Crippen molar-refractivity contribution < 1.29 is 0 Å². The fourth-order valence-corrected chi connectivity index (χ4v) is 1.95. The van der Waals surface area contributed by atoms with Crippen LogP contribution in [-0.2, 0) is 0 Å². The molecule has 1 atom stereocenters. The van der Waals surface area contributed by atoms with Gasteiger partial charge in [0.1, 0.15) is 0 Å². The van der Waals surface area contributed by atoms with Crippen molar-refractivity contribution in [1.29, 1.82) is 0 Å². The average molecular weight is 264 g/mol. The summed E-state index contributed by atoms with van der Waals surface area (Å²) < 4.78 is 1.25. The minimum atomic E-state index is 0.450. The van der Waals surface area contributed by atoms with E-state index in [1.165, 1.54) is 17.3 Å². The third-order valence-corrected chi connectivity index (χ3v) is 4.33. The standard InChI is InChI=1S/C10H17I/c1-9(2)4-6-10(3,8-11)7-5-9/h4,6H,5,7-8H2,1-3H3. The van der Waals surface area contributed by atoms with E-state index in [0.29, 0.717) is 10.8 Å². The summed E-state index contributed by atoms with van der Waals surface area (Å²) in [7, 11) is 0. The Balaban J connectivity index is 2.70. The van der Waals surface area contributed by atoms with Crippen molar-refractivity contribution in [3.63, 3.8) is 0 Å². The van der Waals surface area contributed by atoms with Crippen LogP contribution in [0, 0.1) is 10.8 Å². The Morgan fingerprint density at radius 1 is 1.18 bits per heavy atom. The average Bonchev–Trinajstić information content (AvgIpc) is 1.97. The fourth-order valence-electron chi connectivity index (χ4n) is 1.31. The molecule has 64 valence electrons. The summed E-state index contributed by atoms with van der Waals surface area (Å²) in [6.45, 7) is 6.98. The molecular formula is C10H17I.